The van der Waals surface area contributed by atoms with Gasteiger partial charge in [-0.25, -0.2) is 4.98 Å². The molecular weight excluding hydrogens is 408 g/mol. The molecule has 7 heteroatoms. The molecule has 3 aliphatic rings. The van der Waals surface area contributed by atoms with Crippen LogP contribution in [0.25, 0.3) is 5.65 Å². The van der Waals surface area contributed by atoms with E-state index in [0.29, 0.717) is 6.04 Å². The van der Waals surface area contributed by atoms with Crippen LogP contribution in [0.3, 0.4) is 0 Å². The van der Waals surface area contributed by atoms with Crippen molar-refractivity contribution < 1.29 is 9.90 Å². The van der Waals surface area contributed by atoms with Gasteiger partial charge in [-0.15, -0.1) is 0 Å². The Bertz CT molecular complexity index is 895. The van der Waals surface area contributed by atoms with E-state index in [4.69, 9.17) is 4.98 Å². The molecule has 2 saturated carbocycles. The van der Waals surface area contributed by atoms with Crippen molar-refractivity contribution in [1.29, 1.82) is 0 Å². The Kier molecular flexibility index (Phi) is 4.18. The van der Waals surface area contributed by atoms with E-state index in [1.54, 1.807) is 0 Å². The molecule has 6 nitrogen and oxygen atoms in total. The second kappa shape index (κ2) is 6.47. The number of nitrogens with one attached hydrogen (secondary N) is 1. The van der Waals surface area contributed by atoms with Crippen LogP contribution in [-0.2, 0) is 16.6 Å². The summed E-state index contributed by atoms with van der Waals surface area (Å²) in [6.45, 7) is 0. The van der Waals surface area contributed by atoms with Crippen molar-refractivity contribution >= 4 is 33.4 Å². The third kappa shape index (κ3) is 2.77. The van der Waals surface area contributed by atoms with Crippen molar-refractivity contribution in [2.45, 2.75) is 75.7 Å². The lowest BCUT2D eigenvalue weighted by Gasteiger charge is -2.29. The number of halogens is 1. The number of rotatable bonds is 3. The standard InChI is InChI=1S/C20H25BrN4O2/c21-15-11-22-25-17(23-13-5-3-12(4-6-13)19(26)27)14-7-10-20(8-1-2-9-20)16(14)24-18(15)25/h11-13,23H,1-10H2,(H,26,27). The predicted octanol–water partition coefficient (Wildman–Crippen LogP) is 4.31. The molecule has 0 unspecified atom stereocenters. The van der Waals surface area contributed by atoms with Gasteiger partial charge in [0.1, 0.15) is 5.82 Å². The number of nitrogens with zero attached hydrogens (tertiary/aromatic N) is 3. The van der Waals surface area contributed by atoms with Gasteiger partial charge in [0.05, 0.1) is 22.3 Å². The van der Waals surface area contributed by atoms with Gasteiger partial charge >= 0.3 is 5.97 Å². The average molecular weight is 433 g/mol. The largest absolute Gasteiger partial charge is 0.481 e. The second-order valence-corrected chi connectivity index (χ2v) is 9.39. The normalized spacial score (nSPS) is 26.6. The number of aromatic nitrogens is 3. The lowest BCUT2D eigenvalue weighted by molar-refractivity contribution is -0.142. The first-order chi connectivity index (χ1) is 13.1. The monoisotopic (exact) mass is 432 g/mol. The lowest BCUT2D eigenvalue weighted by atomic mass is 9.83. The van der Waals surface area contributed by atoms with Crippen molar-refractivity contribution in [1.82, 2.24) is 14.6 Å². The summed E-state index contributed by atoms with van der Waals surface area (Å²) in [6.07, 6.45) is 12.5. The van der Waals surface area contributed by atoms with Crippen LogP contribution < -0.4 is 5.32 Å². The first-order valence-electron chi connectivity index (χ1n) is 10.1. The van der Waals surface area contributed by atoms with E-state index in [9.17, 15) is 9.90 Å². The van der Waals surface area contributed by atoms with E-state index in [0.717, 1.165) is 48.0 Å². The fraction of sp³-hybridized carbons (Fsp3) is 0.650. The molecule has 0 atom stereocenters. The van der Waals surface area contributed by atoms with Crippen LogP contribution in [-0.4, -0.2) is 31.7 Å². The second-order valence-electron chi connectivity index (χ2n) is 8.53. The SMILES string of the molecule is O=C(O)C1CCC(Nc2c3c(nc4c(Br)cnn24)C2(CCCC2)CC3)CC1. The third-order valence-electron chi connectivity index (χ3n) is 7.04. The zero-order valence-corrected chi connectivity index (χ0v) is 17.0. The molecule has 2 fully saturated rings. The Morgan fingerprint density at radius 3 is 2.67 bits per heavy atom. The number of fused-ring (bicyclic) bond motifs is 3. The molecule has 0 saturated heterocycles. The number of aliphatic carboxylic acids is 1. The molecule has 0 amide bonds. The highest BCUT2D eigenvalue weighted by Gasteiger charge is 2.44. The zero-order valence-electron chi connectivity index (χ0n) is 15.4. The lowest BCUT2D eigenvalue weighted by Crippen LogP contribution is -2.30. The van der Waals surface area contributed by atoms with Gasteiger partial charge < -0.3 is 10.4 Å². The molecule has 5 rings (SSSR count). The number of hydrogen-bond donors (Lipinski definition) is 2. The van der Waals surface area contributed by atoms with Gasteiger partial charge in [0.25, 0.3) is 0 Å². The molecule has 0 aromatic carbocycles. The summed E-state index contributed by atoms with van der Waals surface area (Å²) in [5.74, 6) is 0.245. The van der Waals surface area contributed by atoms with Crippen molar-refractivity contribution in [2.24, 2.45) is 5.92 Å². The predicted molar refractivity (Wildman–Crippen MR) is 106 cm³/mol. The topological polar surface area (TPSA) is 79.5 Å². The molecule has 2 N–H and O–H groups in total. The van der Waals surface area contributed by atoms with Gasteiger partial charge in [0.15, 0.2) is 5.65 Å². The summed E-state index contributed by atoms with van der Waals surface area (Å²) < 4.78 is 2.88. The number of carboxylic acids is 1. The van der Waals surface area contributed by atoms with E-state index in [1.807, 2.05) is 10.7 Å². The smallest absolute Gasteiger partial charge is 0.306 e. The van der Waals surface area contributed by atoms with E-state index in [2.05, 4.69) is 26.3 Å². The average Bonchev–Trinajstić information content (AvgIpc) is 3.38. The molecule has 1 spiro atoms. The van der Waals surface area contributed by atoms with Gasteiger partial charge in [-0.05, 0) is 67.3 Å². The minimum Gasteiger partial charge on any atom is -0.481 e. The van der Waals surface area contributed by atoms with Gasteiger partial charge in [-0.2, -0.15) is 9.61 Å². The van der Waals surface area contributed by atoms with Crippen LogP contribution in [0, 0.1) is 5.92 Å². The maximum atomic E-state index is 11.2. The summed E-state index contributed by atoms with van der Waals surface area (Å²) in [5, 5.41) is 17.6. The Labute approximate surface area is 166 Å². The molecule has 0 aliphatic heterocycles. The Morgan fingerprint density at radius 2 is 1.96 bits per heavy atom. The quantitative estimate of drug-likeness (QED) is 0.755. The molecule has 2 aromatic rings. The number of carboxylic acid groups (broad SMARTS) is 1. The van der Waals surface area contributed by atoms with Crippen LogP contribution in [0.2, 0.25) is 0 Å². The van der Waals surface area contributed by atoms with Crippen LogP contribution in [0.1, 0.15) is 69.0 Å². The highest BCUT2D eigenvalue weighted by molar-refractivity contribution is 9.10. The van der Waals surface area contributed by atoms with E-state index < -0.39 is 5.97 Å². The highest BCUT2D eigenvalue weighted by Crippen LogP contribution is 2.51. The van der Waals surface area contributed by atoms with Crippen molar-refractivity contribution in [3.05, 3.63) is 21.9 Å². The van der Waals surface area contributed by atoms with Gasteiger partial charge in [0, 0.05) is 17.0 Å². The van der Waals surface area contributed by atoms with Crippen LogP contribution in [0.5, 0.6) is 0 Å². The maximum absolute atomic E-state index is 11.2. The molecule has 3 aliphatic carbocycles. The Balaban J connectivity index is 1.52. The van der Waals surface area contributed by atoms with Crippen molar-refractivity contribution in [3.63, 3.8) is 0 Å². The zero-order chi connectivity index (χ0) is 18.6. The number of anilines is 1. The van der Waals surface area contributed by atoms with Crippen LogP contribution in [0.4, 0.5) is 5.82 Å². The molecule has 2 aromatic heterocycles. The highest BCUT2D eigenvalue weighted by atomic mass is 79.9. The summed E-state index contributed by atoms with van der Waals surface area (Å²) in [5.41, 5.74) is 3.78. The van der Waals surface area contributed by atoms with E-state index >= 15 is 0 Å². The van der Waals surface area contributed by atoms with Gasteiger partial charge in [-0.1, -0.05) is 12.8 Å². The molecule has 0 bridgehead atoms. The van der Waals surface area contributed by atoms with Crippen LogP contribution >= 0.6 is 15.9 Å². The number of carbonyl (C=O) groups is 1. The van der Waals surface area contributed by atoms with Crippen molar-refractivity contribution in [2.75, 3.05) is 5.32 Å². The Hall–Kier alpha value is -1.63. The van der Waals surface area contributed by atoms with E-state index in [-0.39, 0.29) is 11.3 Å². The van der Waals surface area contributed by atoms with Gasteiger partial charge in [0.2, 0.25) is 0 Å². The first kappa shape index (κ1) is 17.5. The third-order valence-corrected chi connectivity index (χ3v) is 7.60. The summed E-state index contributed by atoms with van der Waals surface area (Å²) in [7, 11) is 0. The molecule has 2 heterocycles. The molecule has 0 radical (unpaired) electrons. The number of hydrogen-bond acceptors (Lipinski definition) is 4. The molecule has 27 heavy (non-hydrogen) atoms. The van der Waals surface area contributed by atoms with Gasteiger partial charge in [-0.3, -0.25) is 4.79 Å². The first-order valence-corrected chi connectivity index (χ1v) is 10.9. The fourth-order valence-electron chi connectivity index (χ4n) is 5.52. The van der Waals surface area contributed by atoms with Crippen LogP contribution in [0.15, 0.2) is 10.7 Å². The summed E-state index contributed by atoms with van der Waals surface area (Å²) in [4.78, 5) is 16.3. The fourth-order valence-corrected chi connectivity index (χ4v) is 5.87. The maximum Gasteiger partial charge on any atom is 0.306 e. The minimum atomic E-state index is -0.653. The van der Waals surface area contributed by atoms with Crippen molar-refractivity contribution in [3.8, 4) is 0 Å². The molecule has 144 valence electrons. The van der Waals surface area contributed by atoms with E-state index in [1.165, 1.54) is 43.4 Å². The summed E-state index contributed by atoms with van der Waals surface area (Å²) in [6, 6.07) is 0.304. The Morgan fingerprint density at radius 1 is 1.22 bits per heavy atom. The minimum absolute atomic E-state index is 0.188. The molecular formula is C20H25BrN4O2. The summed E-state index contributed by atoms with van der Waals surface area (Å²) >= 11 is 3.62.